The van der Waals surface area contributed by atoms with Gasteiger partial charge in [0.2, 0.25) is 5.95 Å². The highest BCUT2D eigenvalue weighted by atomic mass is 35.5. The Morgan fingerprint density at radius 1 is 1.18 bits per heavy atom. The number of hydrogen-bond donors (Lipinski definition) is 2. The maximum atomic E-state index is 13.5. The molecule has 2 N–H and O–H groups in total. The van der Waals surface area contributed by atoms with E-state index in [2.05, 4.69) is 10.3 Å². The van der Waals surface area contributed by atoms with Gasteiger partial charge in [0.1, 0.15) is 5.15 Å². The lowest BCUT2D eigenvalue weighted by Crippen LogP contribution is -2.55. The van der Waals surface area contributed by atoms with Gasteiger partial charge in [0.15, 0.2) is 5.69 Å². The maximum Gasteiger partial charge on any atom is 0.410 e. The number of aryl methyl sites for hydroxylation is 1. The van der Waals surface area contributed by atoms with Gasteiger partial charge in [-0.15, -0.1) is 0 Å². The van der Waals surface area contributed by atoms with Crippen molar-refractivity contribution in [3.8, 4) is 0 Å². The van der Waals surface area contributed by atoms with Crippen molar-refractivity contribution in [3.63, 3.8) is 0 Å². The highest BCUT2D eigenvalue weighted by molar-refractivity contribution is 6.29. The molecule has 0 unspecified atom stereocenters. The first kappa shape index (κ1) is 28.2. The van der Waals surface area contributed by atoms with Crippen molar-refractivity contribution in [2.75, 3.05) is 29.9 Å². The molecule has 1 fully saturated rings. The summed E-state index contributed by atoms with van der Waals surface area (Å²) < 4.78 is 6.91. The molecule has 0 aliphatic carbocycles. The summed E-state index contributed by atoms with van der Waals surface area (Å²) in [5.74, 6) is -0.714. The summed E-state index contributed by atoms with van der Waals surface area (Å²) in [4.78, 5) is 50.3. The molecule has 4 rings (SSSR count). The molecule has 3 aromatic rings. The SMILES string of the molecule is Cc1cc([C@@H](C)Nc2ccc(Cl)nc2C(=O)O)c2nc(N3CCN(C(=O)OC(C)C)[C@H](C)C3)n(C)c(=O)c2c1. The van der Waals surface area contributed by atoms with Crippen LogP contribution in [0.5, 0.6) is 0 Å². The number of aromatic carboxylic acids is 1. The number of aromatic nitrogens is 3. The van der Waals surface area contributed by atoms with Crippen LogP contribution < -0.4 is 15.8 Å². The van der Waals surface area contributed by atoms with E-state index in [1.807, 2.05) is 45.6 Å². The number of fused-ring (bicyclic) bond motifs is 1. The monoisotopic (exact) mass is 556 g/mol. The van der Waals surface area contributed by atoms with E-state index in [-0.39, 0.29) is 34.6 Å². The summed E-state index contributed by atoms with van der Waals surface area (Å²) in [7, 11) is 1.69. The second-order valence-electron chi connectivity index (χ2n) is 10.1. The van der Waals surface area contributed by atoms with E-state index in [0.717, 1.165) is 11.1 Å². The zero-order valence-corrected chi connectivity index (χ0v) is 23.6. The first-order valence-corrected chi connectivity index (χ1v) is 13.1. The molecular weight excluding hydrogens is 524 g/mol. The standard InChI is InChI=1S/C27H33ClN6O5/c1-14(2)39-27(38)34-10-9-33(13-16(34)4)26-31-22-18(11-15(3)12-19(22)24(35)32(26)6)17(5)29-20-7-8-21(28)30-23(20)25(36)37/h7-8,11-12,14,16-17,29H,9-10,13H2,1-6H3,(H,36,37)/t16-,17-/m1/s1. The summed E-state index contributed by atoms with van der Waals surface area (Å²) in [6.45, 7) is 10.7. The van der Waals surface area contributed by atoms with E-state index < -0.39 is 12.0 Å². The van der Waals surface area contributed by atoms with Gasteiger partial charge in [0.05, 0.1) is 28.7 Å². The molecule has 0 bridgehead atoms. The molecule has 1 aliphatic heterocycles. The summed E-state index contributed by atoms with van der Waals surface area (Å²) in [5.41, 5.74) is 2.04. The third kappa shape index (κ3) is 5.78. The first-order chi connectivity index (χ1) is 18.4. The molecule has 2 aromatic heterocycles. The van der Waals surface area contributed by atoms with Crippen LogP contribution in [0.15, 0.2) is 29.1 Å². The number of pyridine rings is 1. The number of nitrogens with one attached hydrogen (secondary N) is 1. The molecule has 1 aromatic carbocycles. The minimum absolute atomic E-state index is 0.0770. The number of rotatable bonds is 6. The van der Waals surface area contributed by atoms with E-state index in [1.54, 1.807) is 24.1 Å². The van der Waals surface area contributed by atoms with Crippen LogP contribution in [-0.2, 0) is 11.8 Å². The molecule has 2 atom stereocenters. The number of amides is 1. The van der Waals surface area contributed by atoms with Gasteiger partial charge in [-0.2, -0.15) is 0 Å². The van der Waals surface area contributed by atoms with E-state index >= 15 is 0 Å². The fourth-order valence-electron chi connectivity index (χ4n) is 4.86. The van der Waals surface area contributed by atoms with Gasteiger partial charge in [-0.25, -0.2) is 19.6 Å². The van der Waals surface area contributed by atoms with Crippen LogP contribution in [0.3, 0.4) is 0 Å². The largest absolute Gasteiger partial charge is 0.476 e. The third-order valence-corrected chi connectivity index (χ3v) is 6.92. The number of carbonyl (C=O) groups excluding carboxylic acids is 1. The summed E-state index contributed by atoms with van der Waals surface area (Å²) in [5, 5.41) is 13.3. The number of carboxylic acid groups (broad SMARTS) is 1. The fourth-order valence-corrected chi connectivity index (χ4v) is 5.01. The Morgan fingerprint density at radius 2 is 1.90 bits per heavy atom. The molecule has 3 heterocycles. The van der Waals surface area contributed by atoms with E-state index in [0.29, 0.717) is 42.2 Å². The van der Waals surface area contributed by atoms with Crippen molar-refractivity contribution >= 4 is 46.2 Å². The lowest BCUT2D eigenvalue weighted by Gasteiger charge is -2.40. The Balaban J connectivity index is 1.72. The van der Waals surface area contributed by atoms with Crippen molar-refractivity contribution in [1.29, 1.82) is 0 Å². The fraction of sp³-hybridized carbons (Fsp3) is 0.444. The topological polar surface area (TPSA) is 130 Å². The Hall–Kier alpha value is -3.86. The van der Waals surface area contributed by atoms with Gasteiger partial charge in [0, 0.05) is 38.3 Å². The molecule has 1 saturated heterocycles. The van der Waals surface area contributed by atoms with Crippen molar-refractivity contribution < 1.29 is 19.4 Å². The first-order valence-electron chi connectivity index (χ1n) is 12.8. The minimum Gasteiger partial charge on any atom is -0.476 e. The molecule has 11 nitrogen and oxygen atoms in total. The molecule has 0 spiro atoms. The highest BCUT2D eigenvalue weighted by Crippen LogP contribution is 2.29. The number of benzene rings is 1. The predicted octanol–water partition coefficient (Wildman–Crippen LogP) is 4.22. The second-order valence-corrected chi connectivity index (χ2v) is 10.5. The van der Waals surface area contributed by atoms with Gasteiger partial charge in [-0.3, -0.25) is 9.36 Å². The van der Waals surface area contributed by atoms with E-state index in [4.69, 9.17) is 21.3 Å². The normalized spacial score (nSPS) is 16.5. The lowest BCUT2D eigenvalue weighted by atomic mass is 10.0. The van der Waals surface area contributed by atoms with Crippen LogP contribution in [0, 0.1) is 6.92 Å². The number of carbonyl (C=O) groups is 2. The number of nitrogens with zero attached hydrogens (tertiary/aromatic N) is 5. The van der Waals surface area contributed by atoms with Crippen LogP contribution in [0.25, 0.3) is 10.9 Å². The van der Waals surface area contributed by atoms with Crippen LogP contribution in [0.1, 0.15) is 55.4 Å². The number of carboxylic acids is 1. The van der Waals surface area contributed by atoms with Crippen molar-refractivity contribution in [2.24, 2.45) is 7.05 Å². The molecule has 0 radical (unpaired) electrons. The van der Waals surface area contributed by atoms with Crippen LogP contribution >= 0.6 is 11.6 Å². The summed E-state index contributed by atoms with van der Waals surface area (Å²) in [6.07, 6.45) is -0.564. The van der Waals surface area contributed by atoms with Crippen LogP contribution in [0.4, 0.5) is 16.4 Å². The molecule has 208 valence electrons. The van der Waals surface area contributed by atoms with E-state index in [1.165, 1.54) is 10.6 Å². The van der Waals surface area contributed by atoms with Gasteiger partial charge in [-0.1, -0.05) is 17.7 Å². The number of anilines is 2. The Bertz CT molecular complexity index is 1490. The molecule has 39 heavy (non-hydrogen) atoms. The zero-order valence-electron chi connectivity index (χ0n) is 22.9. The minimum atomic E-state index is -1.21. The summed E-state index contributed by atoms with van der Waals surface area (Å²) >= 11 is 5.91. The Labute approximate surface area is 231 Å². The Morgan fingerprint density at radius 3 is 2.54 bits per heavy atom. The van der Waals surface area contributed by atoms with Gasteiger partial charge in [0.25, 0.3) is 5.56 Å². The van der Waals surface area contributed by atoms with Crippen molar-refractivity contribution in [3.05, 3.63) is 56.6 Å². The summed E-state index contributed by atoms with van der Waals surface area (Å²) in [6, 6.07) is 6.25. The quantitative estimate of drug-likeness (QED) is 0.428. The molecule has 0 saturated carbocycles. The van der Waals surface area contributed by atoms with Crippen LogP contribution in [0.2, 0.25) is 5.15 Å². The maximum absolute atomic E-state index is 13.5. The number of halogens is 1. The van der Waals surface area contributed by atoms with Crippen LogP contribution in [-0.4, -0.2) is 68.4 Å². The van der Waals surface area contributed by atoms with Crippen molar-refractivity contribution in [1.82, 2.24) is 19.4 Å². The van der Waals surface area contributed by atoms with Gasteiger partial charge in [-0.05, 0) is 58.4 Å². The second kappa shape index (κ2) is 11.1. The number of ether oxygens (including phenoxy) is 1. The Kier molecular flexibility index (Phi) is 8.01. The smallest absolute Gasteiger partial charge is 0.410 e. The molecule has 12 heteroatoms. The van der Waals surface area contributed by atoms with E-state index in [9.17, 15) is 19.5 Å². The number of piperazine rings is 1. The average Bonchev–Trinajstić information content (AvgIpc) is 2.86. The lowest BCUT2D eigenvalue weighted by molar-refractivity contribution is 0.0622. The zero-order chi connectivity index (χ0) is 28.6. The third-order valence-electron chi connectivity index (χ3n) is 6.71. The predicted molar refractivity (Wildman–Crippen MR) is 150 cm³/mol. The molecule has 1 aliphatic rings. The number of hydrogen-bond acceptors (Lipinski definition) is 8. The van der Waals surface area contributed by atoms with Gasteiger partial charge >= 0.3 is 12.1 Å². The average molecular weight is 557 g/mol. The van der Waals surface area contributed by atoms with Crippen molar-refractivity contribution in [2.45, 2.75) is 52.8 Å². The van der Waals surface area contributed by atoms with Gasteiger partial charge < -0.3 is 25.0 Å². The molecule has 1 amide bonds. The molecular formula is C27H33ClN6O5. The highest BCUT2D eigenvalue weighted by Gasteiger charge is 2.31.